The molecule has 4 aromatic rings. The summed E-state index contributed by atoms with van der Waals surface area (Å²) >= 11 is 0. The zero-order valence-electron chi connectivity index (χ0n) is 14.2. The Morgan fingerprint density at radius 3 is 2.88 bits per heavy atom. The molecule has 0 fully saturated rings. The van der Waals surface area contributed by atoms with E-state index in [1.807, 2.05) is 36.1 Å². The van der Waals surface area contributed by atoms with Gasteiger partial charge in [0.2, 0.25) is 0 Å². The fourth-order valence-electron chi connectivity index (χ4n) is 3.25. The van der Waals surface area contributed by atoms with Crippen LogP contribution in [0.15, 0.2) is 47.8 Å². The lowest BCUT2D eigenvalue weighted by Crippen LogP contribution is -2.13. The number of hydrogen-bond acceptors (Lipinski definition) is 3. The van der Waals surface area contributed by atoms with Crippen molar-refractivity contribution >= 4 is 10.9 Å². The van der Waals surface area contributed by atoms with Crippen LogP contribution in [0.4, 0.5) is 0 Å². The van der Waals surface area contributed by atoms with E-state index < -0.39 is 0 Å². The summed E-state index contributed by atoms with van der Waals surface area (Å²) in [5, 5.41) is 7.80. The maximum absolute atomic E-state index is 12.6. The van der Waals surface area contributed by atoms with Crippen molar-refractivity contribution in [2.75, 3.05) is 0 Å². The van der Waals surface area contributed by atoms with E-state index >= 15 is 0 Å². The number of nitrogens with one attached hydrogen (secondary N) is 2. The first-order valence-electron chi connectivity index (χ1n) is 8.25. The van der Waals surface area contributed by atoms with Gasteiger partial charge >= 0.3 is 0 Å². The van der Waals surface area contributed by atoms with E-state index in [4.69, 9.17) is 0 Å². The maximum atomic E-state index is 12.6. The molecule has 3 aromatic heterocycles. The molecule has 0 aliphatic heterocycles. The van der Waals surface area contributed by atoms with Gasteiger partial charge in [-0.2, -0.15) is 5.10 Å². The topological polar surface area (TPSA) is 79.4 Å². The average molecular weight is 333 g/mol. The number of nitrogens with zero attached hydrogens (tertiary/aromatic N) is 3. The number of aromatic nitrogens is 5. The molecule has 4 rings (SSSR count). The summed E-state index contributed by atoms with van der Waals surface area (Å²) in [7, 11) is 0. The van der Waals surface area contributed by atoms with Crippen LogP contribution < -0.4 is 5.56 Å². The Morgan fingerprint density at radius 1 is 1.20 bits per heavy atom. The predicted molar refractivity (Wildman–Crippen MR) is 97.6 cm³/mol. The molecule has 0 saturated carbocycles. The van der Waals surface area contributed by atoms with Gasteiger partial charge in [0, 0.05) is 25.1 Å². The van der Waals surface area contributed by atoms with Gasteiger partial charge in [0.05, 0.1) is 17.3 Å². The molecule has 0 aliphatic rings. The Morgan fingerprint density at radius 2 is 2.08 bits per heavy atom. The minimum Gasteiger partial charge on any atom is -0.330 e. The summed E-state index contributed by atoms with van der Waals surface area (Å²) in [6.45, 7) is 4.80. The number of fused-ring (bicyclic) bond motifs is 1. The molecule has 25 heavy (non-hydrogen) atoms. The number of imidazole rings is 1. The number of aryl methyl sites for hydroxylation is 4. The number of aromatic amines is 2. The van der Waals surface area contributed by atoms with E-state index in [0.29, 0.717) is 11.4 Å². The third-order valence-electron chi connectivity index (χ3n) is 4.45. The number of rotatable bonds is 4. The lowest BCUT2D eigenvalue weighted by atomic mass is 10.1. The van der Waals surface area contributed by atoms with Crippen LogP contribution in [0.5, 0.6) is 0 Å². The Balaban J connectivity index is 1.76. The lowest BCUT2D eigenvalue weighted by molar-refractivity contribution is 0.703. The van der Waals surface area contributed by atoms with Crippen molar-refractivity contribution in [3.05, 3.63) is 70.0 Å². The lowest BCUT2D eigenvalue weighted by Gasteiger charge is -2.09. The van der Waals surface area contributed by atoms with E-state index in [1.165, 1.54) is 5.56 Å². The normalized spacial score (nSPS) is 11.3. The average Bonchev–Trinajstić information content (AvgIpc) is 3.24. The molecule has 126 valence electrons. The van der Waals surface area contributed by atoms with Crippen LogP contribution in [0.3, 0.4) is 0 Å². The molecule has 3 heterocycles. The first-order chi connectivity index (χ1) is 12.1. The van der Waals surface area contributed by atoms with Gasteiger partial charge < -0.3 is 9.55 Å². The smallest absolute Gasteiger partial charge is 0.259 e. The molecular formula is C19H19N5O. The van der Waals surface area contributed by atoms with E-state index in [9.17, 15) is 4.79 Å². The van der Waals surface area contributed by atoms with E-state index in [0.717, 1.165) is 35.0 Å². The predicted octanol–water partition coefficient (Wildman–Crippen LogP) is 2.97. The van der Waals surface area contributed by atoms with E-state index in [-0.39, 0.29) is 5.56 Å². The van der Waals surface area contributed by atoms with Crippen LogP contribution in [-0.4, -0.2) is 24.7 Å². The van der Waals surface area contributed by atoms with Gasteiger partial charge in [-0.1, -0.05) is 11.6 Å². The van der Waals surface area contributed by atoms with Gasteiger partial charge in [0.25, 0.3) is 5.56 Å². The third kappa shape index (κ3) is 2.87. The van der Waals surface area contributed by atoms with Crippen LogP contribution in [0, 0.1) is 13.8 Å². The first-order valence-corrected chi connectivity index (χ1v) is 8.25. The summed E-state index contributed by atoms with van der Waals surface area (Å²) in [6, 6.07) is 6.09. The minimum absolute atomic E-state index is 0.116. The molecule has 0 atom stereocenters. The molecule has 6 heteroatoms. The van der Waals surface area contributed by atoms with Crippen molar-refractivity contribution in [2.24, 2.45) is 0 Å². The Labute approximate surface area is 144 Å². The number of pyridine rings is 1. The van der Waals surface area contributed by atoms with Crippen molar-refractivity contribution in [3.8, 4) is 11.4 Å². The van der Waals surface area contributed by atoms with Crippen LogP contribution in [0.2, 0.25) is 0 Å². The summed E-state index contributed by atoms with van der Waals surface area (Å²) in [4.78, 5) is 20.1. The summed E-state index contributed by atoms with van der Waals surface area (Å²) < 4.78 is 2.01. The molecule has 0 aliphatic carbocycles. The standard InChI is InChI=1S/C19H19N5O/c1-12-7-13(2)17-15(8-12)9-16(19(25)23-17)18-20-4-6-24(18)5-3-14-10-21-22-11-14/h4,6-11H,3,5H2,1-2H3,(H,21,22)(H,23,25). The fraction of sp³-hybridized carbons (Fsp3) is 0.211. The molecular weight excluding hydrogens is 314 g/mol. The van der Waals surface area contributed by atoms with Crippen LogP contribution in [0.1, 0.15) is 16.7 Å². The minimum atomic E-state index is -0.116. The van der Waals surface area contributed by atoms with Crippen molar-refractivity contribution < 1.29 is 0 Å². The molecule has 0 radical (unpaired) electrons. The molecule has 0 spiro atoms. The summed E-state index contributed by atoms with van der Waals surface area (Å²) in [5.41, 5.74) is 4.73. The van der Waals surface area contributed by atoms with Gasteiger partial charge in [0.1, 0.15) is 5.82 Å². The molecule has 0 unspecified atom stereocenters. The Hall–Kier alpha value is -3.15. The van der Waals surface area contributed by atoms with Gasteiger partial charge in [-0.3, -0.25) is 9.89 Å². The number of benzene rings is 1. The monoisotopic (exact) mass is 333 g/mol. The van der Waals surface area contributed by atoms with Crippen molar-refractivity contribution in [2.45, 2.75) is 26.8 Å². The van der Waals surface area contributed by atoms with E-state index in [2.05, 4.69) is 39.2 Å². The molecule has 2 N–H and O–H groups in total. The van der Waals surface area contributed by atoms with Gasteiger partial charge in [-0.05, 0) is 48.9 Å². The second kappa shape index (κ2) is 6.05. The molecule has 1 aromatic carbocycles. The molecule has 0 bridgehead atoms. The Kier molecular flexibility index (Phi) is 3.72. The molecule has 0 amide bonds. The van der Waals surface area contributed by atoms with Crippen molar-refractivity contribution in [3.63, 3.8) is 0 Å². The zero-order valence-corrected chi connectivity index (χ0v) is 14.2. The second-order valence-corrected chi connectivity index (χ2v) is 6.36. The van der Waals surface area contributed by atoms with Crippen LogP contribution in [-0.2, 0) is 13.0 Å². The van der Waals surface area contributed by atoms with Crippen LogP contribution in [0.25, 0.3) is 22.3 Å². The highest BCUT2D eigenvalue weighted by molar-refractivity contribution is 5.85. The summed E-state index contributed by atoms with van der Waals surface area (Å²) in [5.74, 6) is 0.686. The highest BCUT2D eigenvalue weighted by Crippen LogP contribution is 2.22. The second-order valence-electron chi connectivity index (χ2n) is 6.36. The first kappa shape index (κ1) is 15.4. The summed E-state index contributed by atoms with van der Waals surface area (Å²) in [6.07, 6.45) is 8.15. The van der Waals surface area contributed by atoms with Gasteiger partial charge in [-0.25, -0.2) is 4.98 Å². The highest BCUT2D eigenvalue weighted by atomic mass is 16.1. The number of hydrogen-bond donors (Lipinski definition) is 2. The number of H-pyrrole nitrogens is 2. The molecule has 6 nitrogen and oxygen atoms in total. The van der Waals surface area contributed by atoms with E-state index in [1.54, 1.807) is 6.20 Å². The third-order valence-corrected chi connectivity index (χ3v) is 4.45. The van der Waals surface area contributed by atoms with Gasteiger partial charge in [0.15, 0.2) is 0 Å². The maximum Gasteiger partial charge on any atom is 0.259 e. The fourth-order valence-corrected chi connectivity index (χ4v) is 3.25. The SMILES string of the molecule is Cc1cc(C)c2[nH]c(=O)c(-c3nccn3CCc3cn[nH]c3)cc2c1. The van der Waals surface area contributed by atoms with Crippen molar-refractivity contribution in [1.29, 1.82) is 0 Å². The van der Waals surface area contributed by atoms with Gasteiger partial charge in [-0.15, -0.1) is 0 Å². The molecule has 0 saturated heterocycles. The largest absolute Gasteiger partial charge is 0.330 e. The quantitative estimate of drug-likeness (QED) is 0.602. The zero-order chi connectivity index (χ0) is 17.4. The highest BCUT2D eigenvalue weighted by Gasteiger charge is 2.13. The van der Waals surface area contributed by atoms with Crippen LogP contribution >= 0.6 is 0 Å². The van der Waals surface area contributed by atoms with Crippen molar-refractivity contribution in [1.82, 2.24) is 24.7 Å². The Bertz CT molecular complexity index is 1090.